The van der Waals surface area contributed by atoms with Gasteiger partial charge in [0.2, 0.25) is 65.0 Å². The number of alkyl carbamates (subject to hydrolysis) is 1. The van der Waals surface area contributed by atoms with E-state index in [1.54, 1.807) is 153 Å². The van der Waals surface area contributed by atoms with Gasteiger partial charge in [0.05, 0.1) is 7.11 Å². The van der Waals surface area contributed by atoms with Crippen molar-refractivity contribution in [2.75, 3.05) is 7.11 Å². The second kappa shape index (κ2) is 35.9. The number of rotatable bonds is 33. The van der Waals surface area contributed by atoms with Crippen LogP contribution < -0.4 is 63.8 Å². The van der Waals surface area contributed by atoms with Crippen LogP contribution in [0.15, 0.2) is 91.0 Å². The van der Waals surface area contributed by atoms with Crippen molar-refractivity contribution in [3.8, 4) is 0 Å². The fourth-order valence-corrected chi connectivity index (χ4v) is 9.46. The molecule has 0 saturated carbocycles. The number of benzene rings is 3. The molecule has 0 aromatic heterocycles. The van der Waals surface area contributed by atoms with Crippen LogP contribution in [0.25, 0.3) is 0 Å². The summed E-state index contributed by atoms with van der Waals surface area (Å²) in [5, 5.41) is 31.7. The van der Waals surface area contributed by atoms with E-state index in [1.165, 1.54) is 69.4 Å². The van der Waals surface area contributed by atoms with E-state index in [0.717, 1.165) is 0 Å². The van der Waals surface area contributed by atoms with Crippen LogP contribution in [0.1, 0.15) is 141 Å². The molecule has 0 heterocycles. The summed E-state index contributed by atoms with van der Waals surface area (Å²) in [6.07, 6.45) is -0.937. The van der Waals surface area contributed by atoms with Crippen LogP contribution in [0.5, 0.6) is 0 Å². The Labute approximate surface area is 563 Å². The van der Waals surface area contributed by atoms with Gasteiger partial charge in [-0.3, -0.25) is 52.7 Å². The third-order valence-electron chi connectivity index (χ3n) is 15.2. The largest absolute Gasteiger partial charge is 0.467 e. The first-order chi connectivity index (χ1) is 44.5. The lowest BCUT2D eigenvalue weighted by Gasteiger charge is -2.32. The Balaban J connectivity index is 1.75. The second-order valence-corrected chi connectivity index (χ2v) is 27.5. The summed E-state index contributed by atoms with van der Waals surface area (Å²) in [5.41, 5.74) is -3.85. The van der Waals surface area contributed by atoms with Gasteiger partial charge in [0.1, 0.15) is 76.6 Å². The first-order valence-corrected chi connectivity index (χ1v) is 32.1. The van der Waals surface area contributed by atoms with Crippen molar-refractivity contribution >= 4 is 77.0 Å². The molecule has 9 atom stereocenters. The van der Waals surface area contributed by atoms with Crippen molar-refractivity contribution in [3.05, 3.63) is 108 Å². The fourth-order valence-electron chi connectivity index (χ4n) is 9.46. The molecule has 27 heteroatoms. The van der Waals surface area contributed by atoms with Crippen molar-refractivity contribution in [2.45, 2.75) is 220 Å². The van der Waals surface area contributed by atoms with E-state index in [-0.39, 0.29) is 19.3 Å². The van der Waals surface area contributed by atoms with E-state index in [2.05, 4.69) is 63.8 Å². The van der Waals surface area contributed by atoms with Crippen LogP contribution in [-0.2, 0) is 86.3 Å². The minimum Gasteiger partial charge on any atom is -0.467 e. The number of amides is 12. The van der Waals surface area contributed by atoms with Crippen molar-refractivity contribution < 1.29 is 71.8 Å². The van der Waals surface area contributed by atoms with Gasteiger partial charge in [0.15, 0.2) is 0 Å². The zero-order chi connectivity index (χ0) is 72.8. The van der Waals surface area contributed by atoms with Crippen molar-refractivity contribution in [1.82, 2.24) is 63.8 Å². The molecule has 3 rings (SSSR count). The van der Waals surface area contributed by atoms with Gasteiger partial charge in [-0.05, 0) is 118 Å². The molecule has 0 saturated heterocycles. The van der Waals surface area contributed by atoms with Gasteiger partial charge in [-0.1, -0.05) is 133 Å². The number of methoxy groups -OCH3 is 1. The molecule has 0 fully saturated rings. The average molecular weight is 1340 g/mol. The molecule has 0 aliphatic carbocycles. The van der Waals surface area contributed by atoms with E-state index in [9.17, 15) is 62.3 Å². The van der Waals surface area contributed by atoms with E-state index < -0.39 is 171 Å². The SMILES string of the molecule is COC(=O)C(C)(C)NC(=O)C(Cc1ccccc1)NC(=O)C(C)NC(=O)C(NC(=O)C(C)(C)NC(=O)C(Cc1ccccc1)NC(=O)C(C)NC(=O)C(NC(=O)C(C)(C)NC(=O)C(Cc1ccccc1)NC(=O)C(C)NC(=O)C(NC(=O)OC(C)(C)C)C(C)C)C(C)C)C(C)C. The lowest BCUT2D eigenvalue weighted by Crippen LogP contribution is -2.64. The second-order valence-electron chi connectivity index (χ2n) is 27.5. The van der Waals surface area contributed by atoms with E-state index in [4.69, 9.17) is 9.47 Å². The Morgan fingerprint density at radius 1 is 0.333 bits per heavy atom. The summed E-state index contributed by atoms with van der Waals surface area (Å²) in [5.74, 6) is -10.8. The summed E-state index contributed by atoms with van der Waals surface area (Å²) in [4.78, 5) is 178. The molecule has 0 bridgehead atoms. The Bertz CT molecular complexity index is 3210. The zero-order valence-corrected chi connectivity index (χ0v) is 58.8. The Hall–Kier alpha value is -9.43. The predicted octanol–water partition coefficient (Wildman–Crippen LogP) is 2.37. The van der Waals surface area contributed by atoms with Crippen LogP contribution in [0.2, 0.25) is 0 Å². The highest BCUT2D eigenvalue weighted by atomic mass is 16.6. The summed E-state index contributed by atoms with van der Waals surface area (Å²) in [7, 11) is 1.17. The first-order valence-electron chi connectivity index (χ1n) is 32.1. The third-order valence-corrected chi connectivity index (χ3v) is 15.2. The topological polar surface area (TPSA) is 385 Å². The molecule has 528 valence electrons. The van der Waals surface area contributed by atoms with Gasteiger partial charge in [0.25, 0.3) is 0 Å². The van der Waals surface area contributed by atoms with Gasteiger partial charge < -0.3 is 73.3 Å². The van der Waals surface area contributed by atoms with Gasteiger partial charge in [0, 0.05) is 19.3 Å². The minimum atomic E-state index is -1.75. The smallest absolute Gasteiger partial charge is 0.408 e. The number of hydrogen-bond acceptors (Lipinski definition) is 15. The number of esters is 1. The highest BCUT2D eigenvalue weighted by Crippen LogP contribution is 2.16. The van der Waals surface area contributed by atoms with Crippen molar-refractivity contribution in [2.24, 2.45) is 17.8 Å². The quantitative estimate of drug-likeness (QED) is 0.0390. The molecule has 0 aliphatic heterocycles. The Morgan fingerprint density at radius 2 is 0.594 bits per heavy atom. The molecule has 12 N–H and O–H groups in total. The Morgan fingerprint density at radius 3 is 0.844 bits per heavy atom. The Kier molecular flexibility index (Phi) is 30.2. The van der Waals surface area contributed by atoms with Crippen molar-refractivity contribution in [1.29, 1.82) is 0 Å². The third kappa shape index (κ3) is 26.1. The highest BCUT2D eigenvalue weighted by Gasteiger charge is 2.41. The molecular formula is C69H102N12O15. The number of ether oxygens (including phenoxy) is 2. The molecule has 0 radical (unpaired) electrons. The highest BCUT2D eigenvalue weighted by molar-refractivity contribution is 6.01. The number of carbonyl (C=O) groups is 13. The predicted molar refractivity (Wildman–Crippen MR) is 359 cm³/mol. The summed E-state index contributed by atoms with van der Waals surface area (Å²) >= 11 is 0. The molecular weight excluding hydrogens is 1240 g/mol. The number of nitrogens with one attached hydrogen (secondary N) is 12. The van der Waals surface area contributed by atoms with Gasteiger partial charge in [-0.25, -0.2) is 9.59 Å². The van der Waals surface area contributed by atoms with Crippen LogP contribution in [-0.4, -0.2) is 161 Å². The van der Waals surface area contributed by atoms with Crippen LogP contribution >= 0.6 is 0 Å². The molecule has 27 nitrogen and oxygen atoms in total. The van der Waals surface area contributed by atoms with Crippen LogP contribution in [0.4, 0.5) is 4.79 Å². The molecule has 0 aliphatic rings. The number of hydrogen-bond donors (Lipinski definition) is 12. The van der Waals surface area contributed by atoms with E-state index in [0.29, 0.717) is 16.7 Å². The molecule has 12 amide bonds. The first kappa shape index (κ1) is 80.8. The molecule has 9 unspecified atom stereocenters. The lowest BCUT2D eigenvalue weighted by atomic mass is 9.97. The van der Waals surface area contributed by atoms with Crippen molar-refractivity contribution in [3.63, 3.8) is 0 Å². The van der Waals surface area contributed by atoms with Crippen LogP contribution in [0, 0.1) is 17.8 Å². The maximum absolute atomic E-state index is 14.3. The van der Waals surface area contributed by atoms with Gasteiger partial charge in [-0.2, -0.15) is 0 Å². The van der Waals surface area contributed by atoms with Gasteiger partial charge in [-0.15, -0.1) is 0 Å². The monoisotopic (exact) mass is 1340 g/mol. The maximum atomic E-state index is 14.3. The minimum absolute atomic E-state index is 0.0244. The lowest BCUT2D eigenvalue weighted by molar-refractivity contribution is -0.149. The van der Waals surface area contributed by atoms with E-state index >= 15 is 0 Å². The fraction of sp³-hybridized carbons (Fsp3) is 0.551. The number of carbonyl (C=O) groups excluding carboxylic acids is 13. The standard InChI is InChI=1S/C69H102N12O15/c1-38(2)50(76-63(92)68(15,16)80-57(86)48(36-45-31-25-21-26-32-45)74-55(84)43(9)72-61(90)52(40(5)6)78-65(94)96-66(10,11)12)59(88)70-41(7)53(82)73-47(35-44-29-23-20-24-30-44)56(85)79-67(13,14)62(91)77-51(39(3)4)60(89)71-42(8)54(83)75-49(37-46-33-27-22-28-34-46)58(87)81-69(17,18)64(93)95-19/h20-34,38-43,47-52H,35-37H2,1-19H3,(H,70,88)(H,71,89)(H,72,90)(H,73,82)(H,74,84)(H,75,83)(H,76,92)(H,77,91)(H,78,94)(H,79,85)(H,80,86)(H,81,87). The van der Waals surface area contributed by atoms with Gasteiger partial charge >= 0.3 is 12.1 Å². The van der Waals surface area contributed by atoms with E-state index in [1.807, 2.05) is 0 Å². The maximum Gasteiger partial charge on any atom is 0.408 e. The molecule has 3 aromatic rings. The zero-order valence-electron chi connectivity index (χ0n) is 58.8. The summed E-state index contributed by atoms with van der Waals surface area (Å²) in [6, 6.07) is 14.8. The summed E-state index contributed by atoms with van der Waals surface area (Å²) in [6.45, 7) is 27.6. The summed E-state index contributed by atoms with van der Waals surface area (Å²) < 4.78 is 10.1. The molecule has 0 spiro atoms. The van der Waals surface area contributed by atoms with Crippen LogP contribution in [0.3, 0.4) is 0 Å². The molecule has 3 aromatic carbocycles. The molecule has 96 heavy (non-hydrogen) atoms. The average Bonchev–Trinajstić information content (AvgIpc) is 0.866. The normalized spacial score (nSPS) is 14.6.